The van der Waals surface area contributed by atoms with Crippen LogP contribution >= 0.6 is 15.9 Å². The fourth-order valence-corrected chi connectivity index (χ4v) is 1.72. The molecule has 14 heavy (non-hydrogen) atoms. The Morgan fingerprint density at radius 2 is 2.21 bits per heavy atom. The van der Waals surface area contributed by atoms with E-state index in [-0.39, 0.29) is 6.17 Å². The van der Waals surface area contributed by atoms with Crippen LogP contribution in [-0.4, -0.2) is 16.9 Å². The van der Waals surface area contributed by atoms with E-state index in [9.17, 15) is 0 Å². The smallest absolute Gasteiger partial charge is 0.162 e. The van der Waals surface area contributed by atoms with Gasteiger partial charge in [-0.2, -0.15) is 0 Å². The van der Waals surface area contributed by atoms with Crippen molar-refractivity contribution in [2.75, 3.05) is 0 Å². The van der Waals surface area contributed by atoms with E-state index in [1.54, 1.807) is 0 Å². The first-order valence-corrected chi connectivity index (χ1v) is 5.40. The van der Waals surface area contributed by atoms with E-state index in [2.05, 4.69) is 26.2 Å². The van der Waals surface area contributed by atoms with Crippen LogP contribution in [0.5, 0.6) is 0 Å². The van der Waals surface area contributed by atoms with Crippen molar-refractivity contribution >= 4 is 21.8 Å². The van der Waals surface area contributed by atoms with Crippen LogP contribution in [0.1, 0.15) is 20.8 Å². The summed E-state index contributed by atoms with van der Waals surface area (Å²) >= 11 is 3.29. The SMILES string of the molecule is CC.CC1=CNC2C(N)=NC(Br)=CN12. The quantitative estimate of drug-likeness (QED) is 0.650. The van der Waals surface area contributed by atoms with Crippen LogP contribution in [0.4, 0.5) is 0 Å². The molecule has 0 aromatic carbocycles. The molecular weight excluding hydrogens is 244 g/mol. The molecule has 0 aromatic rings. The zero-order valence-corrected chi connectivity index (χ0v) is 10.2. The van der Waals surface area contributed by atoms with Gasteiger partial charge < -0.3 is 16.0 Å². The molecule has 2 aliphatic heterocycles. The molecule has 0 aliphatic carbocycles. The highest BCUT2D eigenvalue weighted by Crippen LogP contribution is 2.22. The lowest BCUT2D eigenvalue weighted by molar-refractivity contribution is 0.417. The average molecular weight is 259 g/mol. The van der Waals surface area contributed by atoms with Gasteiger partial charge in [0.25, 0.3) is 0 Å². The van der Waals surface area contributed by atoms with Crippen LogP contribution < -0.4 is 11.1 Å². The van der Waals surface area contributed by atoms with E-state index in [0.717, 1.165) is 10.3 Å². The number of halogens is 1. The molecule has 0 fully saturated rings. The Hall–Kier alpha value is -0.970. The number of amidine groups is 1. The van der Waals surface area contributed by atoms with Crippen molar-refractivity contribution in [1.82, 2.24) is 10.2 Å². The molecule has 0 amide bonds. The maximum absolute atomic E-state index is 5.71. The van der Waals surface area contributed by atoms with Crippen LogP contribution in [0.15, 0.2) is 27.7 Å². The van der Waals surface area contributed by atoms with E-state index < -0.39 is 0 Å². The monoisotopic (exact) mass is 258 g/mol. The first-order chi connectivity index (χ1) is 6.68. The van der Waals surface area contributed by atoms with Gasteiger partial charge in [-0.3, -0.25) is 0 Å². The third kappa shape index (κ3) is 1.92. The molecule has 1 atom stereocenters. The van der Waals surface area contributed by atoms with Crippen LogP contribution in [0.3, 0.4) is 0 Å². The number of hydrogen-bond donors (Lipinski definition) is 2. The van der Waals surface area contributed by atoms with Crippen LogP contribution in [0, 0.1) is 0 Å². The predicted molar refractivity (Wildman–Crippen MR) is 62.5 cm³/mol. The summed E-state index contributed by atoms with van der Waals surface area (Å²) in [5.41, 5.74) is 6.85. The highest BCUT2D eigenvalue weighted by atomic mass is 79.9. The van der Waals surface area contributed by atoms with Gasteiger partial charge in [-0.05, 0) is 22.9 Å². The van der Waals surface area contributed by atoms with Crippen LogP contribution in [0.2, 0.25) is 0 Å². The van der Waals surface area contributed by atoms with Gasteiger partial charge in [0, 0.05) is 18.1 Å². The third-order valence-electron chi connectivity index (χ3n) is 1.90. The Morgan fingerprint density at radius 1 is 1.57 bits per heavy atom. The Labute approximate surface area is 92.7 Å². The van der Waals surface area contributed by atoms with Crippen molar-refractivity contribution in [3.05, 3.63) is 22.7 Å². The predicted octanol–water partition coefficient (Wildman–Crippen LogP) is 1.67. The number of nitrogens with one attached hydrogen (secondary N) is 1. The summed E-state index contributed by atoms with van der Waals surface area (Å²) in [6.07, 6.45) is 3.84. The van der Waals surface area contributed by atoms with E-state index in [1.807, 2.05) is 38.1 Å². The van der Waals surface area contributed by atoms with E-state index in [4.69, 9.17) is 5.73 Å². The average Bonchev–Trinajstić information content (AvgIpc) is 2.52. The topological polar surface area (TPSA) is 53.6 Å². The fraction of sp³-hybridized carbons (Fsp3) is 0.444. The zero-order valence-electron chi connectivity index (χ0n) is 8.58. The van der Waals surface area contributed by atoms with Crippen molar-refractivity contribution in [3.63, 3.8) is 0 Å². The fourth-order valence-electron chi connectivity index (χ4n) is 1.29. The summed E-state index contributed by atoms with van der Waals surface area (Å²) in [6, 6.07) is 0. The molecule has 0 radical (unpaired) electrons. The lowest BCUT2D eigenvalue weighted by Crippen LogP contribution is -2.46. The maximum Gasteiger partial charge on any atom is 0.162 e. The second kappa shape index (κ2) is 4.50. The van der Waals surface area contributed by atoms with E-state index in [0.29, 0.717) is 5.84 Å². The molecule has 78 valence electrons. The minimum absolute atomic E-state index is 0.00583. The standard InChI is InChI=1S/C7H9BrN4.C2H6/c1-4-2-10-7-6(9)11-5(8)3-12(4)7;1-2/h2-3,7,10H,1H3,(H2,9,11);1-2H3. The van der Waals surface area contributed by atoms with Crippen molar-refractivity contribution < 1.29 is 0 Å². The van der Waals surface area contributed by atoms with Gasteiger partial charge in [0.15, 0.2) is 6.17 Å². The number of hydrogen-bond acceptors (Lipinski definition) is 4. The van der Waals surface area contributed by atoms with E-state index in [1.165, 1.54) is 0 Å². The summed E-state index contributed by atoms with van der Waals surface area (Å²) in [5.74, 6) is 0.581. The summed E-state index contributed by atoms with van der Waals surface area (Å²) in [7, 11) is 0. The molecule has 3 N–H and O–H groups in total. The van der Waals surface area contributed by atoms with Gasteiger partial charge in [-0.25, -0.2) is 4.99 Å². The molecule has 2 rings (SSSR count). The Bertz CT molecular complexity index is 306. The second-order valence-corrected chi connectivity index (χ2v) is 3.56. The highest BCUT2D eigenvalue weighted by Gasteiger charge is 2.27. The molecular formula is C9H15BrN4. The number of fused-ring (bicyclic) bond motifs is 1. The number of rotatable bonds is 0. The van der Waals surface area contributed by atoms with Gasteiger partial charge in [0.2, 0.25) is 0 Å². The Balaban J connectivity index is 0.000000461. The normalized spacial score (nSPS) is 23.6. The summed E-state index contributed by atoms with van der Waals surface area (Å²) in [5, 5.41) is 3.12. The van der Waals surface area contributed by atoms with Gasteiger partial charge in [-0.15, -0.1) is 0 Å². The molecule has 1 unspecified atom stereocenters. The number of allylic oxidation sites excluding steroid dienone is 1. The van der Waals surface area contributed by atoms with Gasteiger partial charge in [0.1, 0.15) is 10.4 Å². The van der Waals surface area contributed by atoms with Crippen LogP contribution in [-0.2, 0) is 0 Å². The Kier molecular flexibility index (Phi) is 3.57. The van der Waals surface area contributed by atoms with Crippen molar-refractivity contribution in [3.8, 4) is 0 Å². The largest absolute Gasteiger partial charge is 0.384 e. The zero-order chi connectivity index (χ0) is 10.7. The third-order valence-corrected chi connectivity index (χ3v) is 2.28. The highest BCUT2D eigenvalue weighted by molar-refractivity contribution is 9.11. The first kappa shape index (κ1) is 11.1. The molecule has 2 aliphatic rings. The van der Waals surface area contributed by atoms with Crippen LogP contribution in [0.25, 0.3) is 0 Å². The summed E-state index contributed by atoms with van der Waals surface area (Å²) in [4.78, 5) is 6.13. The lowest BCUT2D eigenvalue weighted by Gasteiger charge is -2.27. The summed E-state index contributed by atoms with van der Waals surface area (Å²) in [6.45, 7) is 6.02. The van der Waals surface area contributed by atoms with Crippen molar-refractivity contribution in [2.45, 2.75) is 26.9 Å². The van der Waals surface area contributed by atoms with Gasteiger partial charge in [-0.1, -0.05) is 13.8 Å². The maximum atomic E-state index is 5.71. The van der Waals surface area contributed by atoms with Crippen molar-refractivity contribution in [2.24, 2.45) is 10.7 Å². The molecule has 0 bridgehead atoms. The molecule has 4 nitrogen and oxygen atoms in total. The van der Waals surface area contributed by atoms with Crippen molar-refractivity contribution in [1.29, 1.82) is 0 Å². The number of nitrogens with two attached hydrogens (primary N) is 1. The summed E-state index contributed by atoms with van der Waals surface area (Å²) < 4.78 is 0.757. The lowest BCUT2D eigenvalue weighted by atomic mass is 10.3. The second-order valence-electron chi connectivity index (χ2n) is 2.75. The molecule has 0 aromatic heterocycles. The number of aliphatic imine (C=N–C) groups is 1. The Morgan fingerprint density at radius 3 is 2.86 bits per heavy atom. The first-order valence-electron chi connectivity index (χ1n) is 4.61. The minimum Gasteiger partial charge on any atom is -0.384 e. The molecule has 0 saturated heterocycles. The van der Waals surface area contributed by atoms with E-state index >= 15 is 0 Å². The molecule has 0 saturated carbocycles. The molecule has 5 heteroatoms. The van der Waals surface area contributed by atoms with Gasteiger partial charge in [0.05, 0.1) is 0 Å². The molecule has 0 spiro atoms. The molecule has 2 heterocycles. The van der Waals surface area contributed by atoms with Gasteiger partial charge >= 0.3 is 0 Å². The number of nitrogens with zero attached hydrogens (tertiary/aromatic N) is 2. The minimum atomic E-state index is 0.00583.